The molecule has 0 heterocycles. The molecule has 25 heteroatoms. The van der Waals surface area contributed by atoms with Gasteiger partial charge in [-0.05, 0) is 12.8 Å². The topological polar surface area (TPSA) is 299 Å². The maximum Gasteiger partial charge on any atom is 0.490 e. The first-order valence-electron chi connectivity index (χ1n) is 7.56. The van der Waals surface area contributed by atoms with Crippen LogP contribution in [0.4, 0.5) is 0 Å². The van der Waals surface area contributed by atoms with E-state index < -0.39 is 53.0 Å². The first-order valence-corrected chi connectivity index (χ1v) is 16.6. The van der Waals surface area contributed by atoms with Crippen LogP contribution in [0.1, 0.15) is 32.1 Å². The summed E-state index contributed by atoms with van der Waals surface area (Å²) in [7, 11) is -35.7. The molecule has 1 rings (SSSR count). The zero-order valence-corrected chi connectivity index (χ0v) is 20.2. The van der Waals surface area contributed by atoms with Crippen LogP contribution in [0.2, 0.25) is 0 Å². The number of phosphoric acid groups is 6. The largest absolute Gasteiger partial charge is 0.490 e. The zero-order chi connectivity index (χ0) is 24.4. The van der Waals surface area contributed by atoms with Crippen LogP contribution in [-0.2, 0) is 53.5 Å². The number of phosphoric ester groups is 1. The molecule has 0 aromatic carbocycles. The predicted molar refractivity (Wildman–Crippen MR) is 94.6 cm³/mol. The Bertz CT molecular complexity index is 913. The molecule has 5 atom stereocenters. The smallest absolute Gasteiger partial charge is 0.302 e. The van der Waals surface area contributed by atoms with Gasteiger partial charge in [-0.2, -0.15) is 21.6 Å². The molecule has 19 nitrogen and oxygen atoms in total. The second kappa shape index (κ2) is 10.6. The molecule has 0 saturated heterocycles. The van der Waals surface area contributed by atoms with Crippen molar-refractivity contribution < 1.29 is 87.7 Å². The summed E-state index contributed by atoms with van der Waals surface area (Å²) < 4.78 is 89.8. The molecule has 0 bridgehead atoms. The Morgan fingerprint density at radius 2 is 0.806 bits per heavy atom. The molecule has 31 heavy (non-hydrogen) atoms. The fourth-order valence-electron chi connectivity index (χ4n) is 2.09. The Morgan fingerprint density at radius 3 is 1.16 bits per heavy atom. The first-order chi connectivity index (χ1) is 13.6. The zero-order valence-electron chi connectivity index (χ0n) is 14.8. The predicted octanol–water partition coefficient (Wildman–Crippen LogP) is 2.01. The lowest BCUT2D eigenvalue weighted by Crippen LogP contribution is -2.15. The van der Waals surface area contributed by atoms with Crippen LogP contribution in [0, 0.1) is 0 Å². The van der Waals surface area contributed by atoms with Crippen molar-refractivity contribution in [2.75, 3.05) is 0 Å². The molecular formula is C6H18O19P6. The third-order valence-electron chi connectivity index (χ3n) is 2.87. The lowest BCUT2D eigenvalue weighted by atomic mass is 9.98. The summed E-state index contributed by atoms with van der Waals surface area (Å²) in [5, 5.41) is 0. The molecule has 1 saturated carbocycles. The number of hydrogen-bond acceptors (Lipinski definition) is 12. The molecule has 0 aromatic heterocycles. The molecule has 1 fully saturated rings. The molecule has 0 amide bonds. The molecule has 0 spiro atoms. The van der Waals surface area contributed by atoms with E-state index in [2.05, 4.69) is 26.1 Å². The summed E-state index contributed by atoms with van der Waals surface area (Å²) >= 11 is 0. The van der Waals surface area contributed by atoms with Crippen LogP contribution in [0.5, 0.6) is 0 Å². The molecular weight excluding hydrogens is 562 g/mol. The van der Waals surface area contributed by atoms with Crippen molar-refractivity contribution in [1.29, 1.82) is 0 Å². The van der Waals surface area contributed by atoms with Crippen LogP contribution in [0.3, 0.4) is 0 Å². The van der Waals surface area contributed by atoms with Crippen LogP contribution >= 0.6 is 46.9 Å². The summed E-state index contributed by atoms with van der Waals surface area (Å²) in [5.41, 5.74) is 0. The van der Waals surface area contributed by atoms with Crippen molar-refractivity contribution in [2.45, 2.75) is 38.2 Å². The van der Waals surface area contributed by atoms with Gasteiger partial charge in [-0.25, -0.2) is 27.4 Å². The van der Waals surface area contributed by atoms with E-state index in [9.17, 15) is 42.1 Å². The minimum atomic E-state index is -6.26. The Kier molecular flexibility index (Phi) is 10.3. The van der Waals surface area contributed by atoms with Gasteiger partial charge in [-0.1, -0.05) is 19.3 Å². The van der Waals surface area contributed by atoms with Gasteiger partial charge in [-0.3, -0.25) is 4.52 Å². The third-order valence-corrected chi connectivity index (χ3v) is 11.7. The van der Waals surface area contributed by atoms with Crippen molar-refractivity contribution in [3.05, 3.63) is 0 Å². The standard InChI is InChI=1S/C6H18O19P6/c7-26(8,9)21-28(12,13)23-30(16,17)25-31(18,19)24-29(14,15)22-27(10,11)20-6-4-2-1-3-5-6/h6H,1-5H2,(H,10,11)(H,12,13)(H,14,15)(H,16,17)(H,18,19)(H2,7,8,9). The quantitative estimate of drug-likeness (QED) is 0.162. The van der Waals surface area contributed by atoms with Gasteiger partial charge in [0.15, 0.2) is 0 Å². The second-order valence-corrected chi connectivity index (χ2v) is 14.8. The van der Waals surface area contributed by atoms with Gasteiger partial charge in [0.1, 0.15) is 0 Å². The summed E-state index contributed by atoms with van der Waals surface area (Å²) in [5.74, 6) is 0. The fraction of sp³-hybridized carbons (Fsp3) is 1.00. The van der Waals surface area contributed by atoms with E-state index in [1.807, 2.05) is 0 Å². The van der Waals surface area contributed by atoms with Gasteiger partial charge >= 0.3 is 46.9 Å². The van der Waals surface area contributed by atoms with Crippen molar-refractivity contribution in [2.24, 2.45) is 0 Å². The lowest BCUT2D eigenvalue weighted by molar-refractivity contribution is 0.100. The van der Waals surface area contributed by atoms with Crippen molar-refractivity contribution in [1.82, 2.24) is 0 Å². The highest BCUT2D eigenvalue weighted by molar-refractivity contribution is 7.72. The maximum absolute atomic E-state index is 11.8. The highest BCUT2D eigenvalue weighted by Gasteiger charge is 2.49. The van der Waals surface area contributed by atoms with Crippen molar-refractivity contribution in [3.8, 4) is 0 Å². The van der Waals surface area contributed by atoms with E-state index in [-0.39, 0.29) is 0 Å². The van der Waals surface area contributed by atoms with Crippen molar-refractivity contribution >= 4 is 46.9 Å². The third kappa shape index (κ3) is 13.4. The van der Waals surface area contributed by atoms with Crippen molar-refractivity contribution in [3.63, 3.8) is 0 Å². The Balaban J connectivity index is 2.79. The van der Waals surface area contributed by atoms with Crippen LogP contribution in [-0.4, -0.2) is 40.4 Å². The first kappa shape index (κ1) is 29.9. The van der Waals surface area contributed by atoms with Crippen LogP contribution in [0.15, 0.2) is 0 Å². The van der Waals surface area contributed by atoms with E-state index in [0.717, 1.165) is 6.42 Å². The monoisotopic (exact) mass is 580 g/mol. The fourth-order valence-corrected chi connectivity index (χ4v) is 9.63. The van der Waals surface area contributed by atoms with Gasteiger partial charge < -0.3 is 34.3 Å². The van der Waals surface area contributed by atoms with Gasteiger partial charge in [0, 0.05) is 0 Å². The molecule has 0 radical (unpaired) electrons. The summed E-state index contributed by atoms with van der Waals surface area (Å²) in [4.78, 5) is 62.8. The second-order valence-electron chi connectivity index (χ2n) is 5.61. The minimum absolute atomic E-state index is 0.301. The SMILES string of the molecule is O=P(O)(O)OP(=O)(O)OP(=O)(O)OP(=O)(O)OP(=O)(O)OP(=O)(O)OC1CCCCC1. The Morgan fingerprint density at radius 1 is 0.484 bits per heavy atom. The molecule has 5 unspecified atom stereocenters. The van der Waals surface area contributed by atoms with E-state index in [1.165, 1.54) is 0 Å². The van der Waals surface area contributed by atoms with Gasteiger partial charge in [0.25, 0.3) is 0 Å². The van der Waals surface area contributed by atoms with E-state index in [1.54, 1.807) is 0 Å². The van der Waals surface area contributed by atoms with E-state index >= 15 is 0 Å². The van der Waals surface area contributed by atoms with Gasteiger partial charge in [0.2, 0.25) is 0 Å². The Labute approximate surface area is 173 Å². The summed E-state index contributed by atoms with van der Waals surface area (Å²) in [6.45, 7) is 0. The number of hydrogen-bond donors (Lipinski definition) is 7. The minimum Gasteiger partial charge on any atom is -0.302 e. The maximum atomic E-state index is 11.8. The molecule has 186 valence electrons. The highest BCUT2D eigenvalue weighted by atomic mass is 31.3. The molecule has 0 aliphatic heterocycles. The Hall–Kier alpha value is 0.860. The average Bonchev–Trinajstić information content (AvgIpc) is 2.38. The van der Waals surface area contributed by atoms with Crippen LogP contribution in [0.25, 0.3) is 0 Å². The van der Waals surface area contributed by atoms with Crippen LogP contribution < -0.4 is 0 Å². The molecule has 1 aliphatic rings. The average molecular weight is 580 g/mol. The lowest BCUT2D eigenvalue weighted by Gasteiger charge is -2.25. The normalized spacial score (nSPS) is 26.0. The molecule has 7 N–H and O–H groups in total. The van der Waals surface area contributed by atoms with E-state index in [0.29, 0.717) is 25.7 Å². The highest BCUT2D eigenvalue weighted by Crippen LogP contribution is 2.75. The molecule has 0 aromatic rings. The number of rotatable bonds is 12. The summed E-state index contributed by atoms with van der Waals surface area (Å²) in [6, 6.07) is 0. The van der Waals surface area contributed by atoms with E-state index in [4.69, 9.17) is 19.6 Å². The van der Waals surface area contributed by atoms with Gasteiger partial charge in [-0.15, -0.1) is 0 Å². The molecule has 1 aliphatic carbocycles. The van der Waals surface area contributed by atoms with Gasteiger partial charge in [0.05, 0.1) is 6.10 Å². The summed E-state index contributed by atoms with van der Waals surface area (Å²) in [6.07, 6.45) is 1.80.